The van der Waals surface area contributed by atoms with Crippen molar-refractivity contribution in [1.82, 2.24) is 4.98 Å². The Bertz CT molecular complexity index is 1080. The molecule has 0 spiro atoms. The van der Waals surface area contributed by atoms with Crippen molar-refractivity contribution < 1.29 is 9.66 Å². The number of nitrogen functional groups attached to an aromatic ring is 1. The van der Waals surface area contributed by atoms with Crippen molar-refractivity contribution in [3.63, 3.8) is 0 Å². The zero-order valence-corrected chi connectivity index (χ0v) is 14.3. The van der Waals surface area contributed by atoms with Crippen LogP contribution >= 0.6 is 11.3 Å². The minimum Gasteiger partial charge on any atom is -0.456 e. The minimum atomic E-state index is -0.491. The number of ether oxygens (including phenoxy) is 1. The van der Waals surface area contributed by atoms with Crippen LogP contribution in [0, 0.1) is 10.1 Å². The zero-order chi connectivity index (χ0) is 18.1. The molecule has 4 rings (SSSR count). The number of nitro groups is 1. The Kier molecular flexibility index (Phi) is 3.98. The summed E-state index contributed by atoms with van der Waals surface area (Å²) in [6, 6.07) is 19.8. The number of aromatic nitrogens is 1. The largest absolute Gasteiger partial charge is 0.456 e. The van der Waals surface area contributed by atoms with E-state index in [0.29, 0.717) is 22.1 Å². The Morgan fingerprint density at radius 2 is 1.73 bits per heavy atom. The van der Waals surface area contributed by atoms with Gasteiger partial charge >= 0.3 is 5.69 Å². The third-order valence-electron chi connectivity index (χ3n) is 3.83. The Labute approximate surface area is 152 Å². The summed E-state index contributed by atoms with van der Waals surface area (Å²) in [5.74, 6) is 0.921. The van der Waals surface area contributed by atoms with Gasteiger partial charge in [-0.15, -0.1) is 11.3 Å². The molecule has 0 aliphatic rings. The number of anilines is 1. The number of thiazole rings is 1. The van der Waals surface area contributed by atoms with Gasteiger partial charge in [-0.2, -0.15) is 0 Å². The number of hydrogen-bond donors (Lipinski definition) is 1. The predicted molar refractivity (Wildman–Crippen MR) is 103 cm³/mol. The van der Waals surface area contributed by atoms with Gasteiger partial charge in [0, 0.05) is 0 Å². The van der Waals surface area contributed by atoms with Gasteiger partial charge in [0.05, 0.1) is 15.1 Å². The van der Waals surface area contributed by atoms with Gasteiger partial charge in [0.1, 0.15) is 27.8 Å². The van der Waals surface area contributed by atoms with Crippen LogP contribution in [-0.2, 0) is 0 Å². The maximum Gasteiger partial charge on any atom is 0.306 e. The Balaban J connectivity index is 1.94. The fraction of sp³-hybridized carbons (Fsp3) is 0. The van der Waals surface area contributed by atoms with Crippen molar-refractivity contribution in [1.29, 1.82) is 0 Å². The third kappa shape index (κ3) is 2.84. The first-order valence-corrected chi connectivity index (χ1v) is 8.61. The normalized spacial score (nSPS) is 10.8. The number of nitro benzene ring substituents is 1. The molecule has 7 heteroatoms. The van der Waals surface area contributed by atoms with E-state index in [0.717, 1.165) is 10.2 Å². The first kappa shape index (κ1) is 16.0. The van der Waals surface area contributed by atoms with E-state index < -0.39 is 4.92 Å². The number of para-hydroxylation sites is 2. The fourth-order valence-electron chi connectivity index (χ4n) is 2.67. The van der Waals surface area contributed by atoms with Crippen LogP contribution in [0.1, 0.15) is 0 Å². The van der Waals surface area contributed by atoms with E-state index in [1.807, 2.05) is 42.5 Å². The first-order valence-electron chi connectivity index (χ1n) is 7.79. The summed E-state index contributed by atoms with van der Waals surface area (Å²) in [5, 5.41) is 12.2. The maximum absolute atomic E-state index is 11.7. The average Bonchev–Trinajstić information content (AvgIpc) is 3.07. The molecule has 3 aromatic carbocycles. The van der Waals surface area contributed by atoms with Crippen molar-refractivity contribution in [3.05, 3.63) is 76.8 Å². The Morgan fingerprint density at radius 1 is 1.00 bits per heavy atom. The molecule has 1 aromatic heterocycles. The van der Waals surface area contributed by atoms with Gasteiger partial charge in [0.15, 0.2) is 0 Å². The molecular formula is C19H13N3O3S. The van der Waals surface area contributed by atoms with Crippen LogP contribution in [0.15, 0.2) is 66.7 Å². The monoisotopic (exact) mass is 363 g/mol. The van der Waals surface area contributed by atoms with E-state index in [1.165, 1.54) is 17.4 Å². The molecule has 1 heterocycles. The average molecular weight is 363 g/mol. The molecule has 0 atom stereocenters. The Morgan fingerprint density at radius 3 is 2.46 bits per heavy atom. The summed E-state index contributed by atoms with van der Waals surface area (Å²) in [7, 11) is 0. The summed E-state index contributed by atoms with van der Waals surface area (Å²) in [6.07, 6.45) is 0. The van der Waals surface area contributed by atoms with Crippen molar-refractivity contribution >= 4 is 32.9 Å². The molecule has 0 amide bonds. The Hall–Kier alpha value is -3.45. The van der Waals surface area contributed by atoms with E-state index >= 15 is 0 Å². The molecular weight excluding hydrogens is 350 g/mol. The van der Waals surface area contributed by atoms with Crippen LogP contribution in [-0.4, -0.2) is 9.91 Å². The van der Waals surface area contributed by atoms with Gasteiger partial charge in [0.25, 0.3) is 0 Å². The molecule has 0 fully saturated rings. The predicted octanol–water partition coefficient (Wildman–Crippen LogP) is 5.25. The van der Waals surface area contributed by atoms with Gasteiger partial charge in [0.2, 0.25) is 0 Å². The second kappa shape index (κ2) is 6.45. The highest BCUT2D eigenvalue weighted by molar-refractivity contribution is 7.21. The number of fused-ring (bicyclic) bond motifs is 1. The van der Waals surface area contributed by atoms with Crippen LogP contribution in [0.4, 0.5) is 11.4 Å². The van der Waals surface area contributed by atoms with Crippen LogP contribution in [0.3, 0.4) is 0 Å². The SMILES string of the molecule is Nc1ccc(Oc2ccccc2)c(-c2nc3ccccc3s2)c1[N+](=O)[O-]. The summed E-state index contributed by atoms with van der Waals surface area (Å²) >= 11 is 1.36. The topological polar surface area (TPSA) is 91.3 Å². The highest BCUT2D eigenvalue weighted by atomic mass is 32.1. The van der Waals surface area contributed by atoms with Crippen molar-refractivity contribution in [2.75, 3.05) is 5.73 Å². The molecule has 0 saturated carbocycles. The minimum absolute atomic E-state index is 0.0738. The highest BCUT2D eigenvalue weighted by Crippen LogP contribution is 2.45. The number of benzene rings is 3. The number of hydrogen-bond acceptors (Lipinski definition) is 6. The third-order valence-corrected chi connectivity index (χ3v) is 4.89. The second-order valence-corrected chi connectivity index (χ2v) is 6.57. The molecule has 0 unspecified atom stereocenters. The zero-order valence-electron chi connectivity index (χ0n) is 13.5. The van der Waals surface area contributed by atoms with Gasteiger partial charge in [-0.05, 0) is 36.4 Å². The fourth-order valence-corrected chi connectivity index (χ4v) is 3.69. The van der Waals surface area contributed by atoms with E-state index in [1.54, 1.807) is 18.2 Å². The van der Waals surface area contributed by atoms with E-state index in [-0.39, 0.29) is 11.4 Å². The highest BCUT2D eigenvalue weighted by Gasteiger charge is 2.27. The lowest BCUT2D eigenvalue weighted by molar-refractivity contribution is -0.383. The van der Waals surface area contributed by atoms with Gasteiger partial charge in [-0.3, -0.25) is 10.1 Å². The van der Waals surface area contributed by atoms with Crippen molar-refractivity contribution in [3.8, 4) is 22.1 Å². The van der Waals surface area contributed by atoms with Crippen molar-refractivity contribution in [2.45, 2.75) is 0 Å². The smallest absolute Gasteiger partial charge is 0.306 e. The molecule has 6 nitrogen and oxygen atoms in total. The van der Waals surface area contributed by atoms with Gasteiger partial charge in [-0.25, -0.2) is 4.98 Å². The molecule has 0 radical (unpaired) electrons. The standard InChI is InChI=1S/C19H13N3O3S/c20-13-10-11-15(25-12-6-2-1-3-7-12)17(18(13)22(23)24)19-21-14-8-4-5-9-16(14)26-19/h1-11H,20H2. The number of nitrogens with two attached hydrogens (primary N) is 1. The molecule has 0 aliphatic heterocycles. The van der Waals surface area contributed by atoms with Crippen LogP contribution in [0.5, 0.6) is 11.5 Å². The molecule has 0 saturated heterocycles. The van der Waals surface area contributed by atoms with Crippen molar-refractivity contribution in [2.24, 2.45) is 0 Å². The lowest BCUT2D eigenvalue weighted by atomic mass is 10.1. The maximum atomic E-state index is 11.7. The van der Waals surface area contributed by atoms with Crippen LogP contribution < -0.4 is 10.5 Å². The van der Waals surface area contributed by atoms with Crippen LogP contribution in [0.25, 0.3) is 20.8 Å². The lowest BCUT2D eigenvalue weighted by Crippen LogP contribution is -2.00. The second-order valence-electron chi connectivity index (χ2n) is 5.54. The molecule has 128 valence electrons. The molecule has 0 aliphatic carbocycles. The molecule has 26 heavy (non-hydrogen) atoms. The van der Waals surface area contributed by atoms with Gasteiger partial charge < -0.3 is 10.5 Å². The van der Waals surface area contributed by atoms with Gasteiger partial charge in [-0.1, -0.05) is 30.3 Å². The first-order chi connectivity index (χ1) is 12.6. The summed E-state index contributed by atoms with van der Waals surface area (Å²) in [6.45, 7) is 0. The summed E-state index contributed by atoms with van der Waals surface area (Å²) in [4.78, 5) is 15.7. The summed E-state index contributed by atoms with van der Waals surface area (Å²) in [5.41, 5.74) is 6.84. The summed E-state index contributed by atoms with van der Waals surface area (Å²) < 4.78 is 6.85. The molecule has 4 aromatic rings. The number of rotatable bonds is 4. The van der Waals surface area contributed by atoms with Crippen LogP contribution in [0.2, 0.25) is 0 Å². The van der Waals surface area contributed by atoms with E-state index in [9.17, 15) is 10.1 Å². The quantitative estimate of drug-likeness (QED) is 0.304. The van der Waals surface area contributed by atoms with E-state index in [2.05, 4.69) is 4.98 Å². The van der Waals surface area contributed by atoms with E-state index in [4.69, 9.17) is 10.5 Å². The molecule has 0 bridgehead atoms. The number of nitrogens with zero attached hydrogens (tertiary/aromatic N) is 2. The lowest BCUT2D eigenvalue weighted by Gasteiger charge is -2.11. The molecule has 2 N–H and O–H groups in total.